The summed E-state index contributed by atoms with van der Waals surface area (Å²) in [6.07, 6.45) is 8.73. The Bertz CT molecular complexity index is 782. The van der Waals surface area contributed by atoms with E-state index in [0.29, 0.717) is 11.3 Å². The molecule has 3 aliphatic rings. The molecule has 2 aliphatic heterocycles. The van der Waals surface area contributed by atoms with Crippen LogP contribution in [-0.2, 0) is 9.59 Å². The average molecular weight is 367 g/mol. The summed E-state index contributed by atoms with van der Waals surface area (Å²) in [7, 11) is 0. The van der Waals surface area contributed by atoms with Crippen molar-refractivity contribution < 1.29 is 9.59 Å². The molecule has 1 saturated heterocycles. The normalized spacial score (nSPS) is 22.1. The van der Waals surface area contributed by atoms with Gasteiger partial charge in [0.2, 0.25) is 0 Å². The van der Waals surface area contributed by atoms with Crippen molar-refractivity contribution in [3.8, 4) is 0 Å². The number of carbonyl (C=O) groups excluding carboxylic acids is 2. The zero-order chi connectivity index (χ0) is 19.0. The van der Waals surface area contributed by atoms with E-state index in [2.05, 4.69) is 17.9 Å². The fraction of sp³-hybridized carbons (Fsp3) is 0.565. The maximum absolute atomic E-state index is 13.6. The quantitative estimate of drug-likeness (QED) is 0.594. The zero-order valence-electron chi connectivity index (χ0n) is 16.6. The molecule has 4 rings (SSSR count). The smallest absolute Gasteiger partial charge is 0.278 e. The minimum Gasteiger partial charge on any atom is -0.366 e. The van der Waals surface area contributed by atoms with E-state index in [-0.39, 0.29) is 17.9 Å². The third kappa shape index (κ3) is 3.30. The zero-order valence-corrected chi connectivity index (χ0v) is 16.6. The molecule has 0 atom stereocenters. The molecule has 0 N–H and O–H groups in total. The van der Waals surface area contributed by atoms with Crippen molar-refractivity contribution in [2.75, 3.05) is 13.1 Å². The van der Waals surface area contributed by atoms with Gasteiger partial charge in [-0.2, -0.15) is 0 Å². The van der Waals surface area contributed by atoms with Gasteiger partial charge in [0.25, 0.3) is 11.8 Å². The highest BCUT2D eigenvalue weighted by Gasteiger charge is 2.45. The number of likely N-dealkylation sites (tertiary alicyclic amines) is 1. The van der Waals surface area contributed by atoms with E-state index in [4.69, 9.17) is 0 Å². The molecule has 0 spiro atoms. The van der Waals surface area contributed by atoms with Gasteiger partial charge in [0.15, 0.2) is 0 Å². The highest BCUT2D eigenvalue weighted by Crippen LogP contribution is 2.38. The summed E-state index contributed by atoms with van der Waals surface area (Å²) in [6.45, 7) is 5.86. The van der Waals surface area contributed by atoms with Crippen molar-refractivity contribution in [3.63, 3.8) is 0 Å². The number of hydrogen-bond donors (Lipinski definition) is 0. The first-order chi connectivity index (χ1) is 13.1. The minimum atomic E-state index is -0.0687. The van der Waals surface area contributed by atoms with Crippen LogP contribution in [0.1, 0.15) is 68.1 Å². The van der Waals surface area contributed by atoms with Crippen LogP contribution >= 0.6 is 0 Å². The highest BCUT2D eigenvalue weighted by molar-refractivity contribution is 6.36. The van der Waals surface area contributed by atoms with Crippen LogP contribution in [0.15, 0.2) is 23.9 Å². The van der Waals surface area contributed by atoms with E-state index in [1.165, 1.54) is 18.4 Å². The molecular formula is C23H30N2O2. The van der Waals surface area contributed by atoms with Gasteiger partial charge >= 0.3 is 0 Å². The average Bonchev–Trinajstić information content (AvgIpc) is 3.14. The fourth-order valence-corrected chi connectivity index (χ4v) is 4.95. The largest absolute Gasteiger partial charge is 0.366 e. The van der Waals surface area contributed by atoms with Gasteiger partial charge in [-0.15, -0.1) is 0 Å². The van der Waals surface area contributed by atoms with Crippen LogP contribution < -0.4 is 0 Å². The maximum Gasteiger partial charge on any atom is 0.278 e. The Morgan fingerprint density at radius 2 is 1.52 bits per heavy atom. The molecule has 1 saturated carbocycles. The van der Waals surface area contributed by atoms with E-state index in [9.17, 15) is 9.59 Å². The molecular weight excluding hydrogens is 336 g/mol. The summed E-state index contributed by atoms with van der Waals surface area (Å²) in [4.78, 5) is 30.8. The summed E-state index contributed by atoms with van der Waals surface area (Å²) in [5.74, 6) is -0.121. The predicted octanol–water partition coefficient (Wildman–Crippen LogP) is 4.20. The molecule has 1 aromatic carbocycles. The second kappa shape index (κ2) is 7.49. The van der Waals surface area contributed by atoms with E-state index >= 15 is 0 Å². The van der Waals surface area contributed by atoms with Crippen LogP contribution in [0.3, 0.4) is 0 Å². The highest BCUT2D eigenvalue weighted by atomic mass is 16.2. The molecule has 0 bridgehead atoms. The summed E-state index contributed by atoms with van der Waals surface area (Å²) in [5, 5.41) is 0. The number of hydrogen-bond acceptors (Lipinski definition) is 3. The summed E-state index contributed by atoms with van der Waals surface area (Å²) in [5.41, 5.74) is 4.48. The number of benzene rings is 1. The Morgan fingerprint density at radius 1 is 0.852 bits per heavy atom. The van der Waals surface area contributed by atoms with Crippen molar-refractivity contribution in [3.05, 3.63) is 40.6 Å². The minimum absolute atomic E-state index is 0.0521. The van der Waals surface area contributed by atoms with Crippen LogP contribution in [0.5, 0.6) is 0 Å². The molecule has 1 aromatic rings. The number of imide groups is 1. The Hall–Kier alpha value is -2.10. The number of amides is 2. The second-order valence-electron chi connectivity index (χ2n) is 8.36. The van der Waals surface area contributed by atoms with Gasteiger partial charge < -0.3 is 4.90 Å². The first-order valence-corrected chi connectivity index (χ1v) is 10.5. The number of rotatable bonds is 3. The van der Waals surface area contributed by atoms with Crippen molar-refractivity contribution in [1.29, 1.82) is 0 Å². The van der Waals surface area contributed by atoms with E-state index in [1.807, 2.05) is 19.1 Å². The van der Waals surface area contributed by atoms with Gasteiger partial charge in [-0.25, -0.2) is 0 Å². The molecule has 4 nitrogen and oxygen atoms in total. The molecule has 2 fully saturated rings. The van der Waals surface area contributed by atoms with Crippen LogP contribution in [0.2, 0.25) is 0 Å². The Morgan fingerprint density at radius 3 is 2.15 bits per heavy atom. The first-order valence-electron chi connectivity index (χ1n) is 10.5. The lowest BCUT2D eigenvalue weighted by Gasteiger charge is -2.26. The lowest BCUT2D eigenvalue weighted by Crippen LogP contribution is -2.42. The summed E-state index contributed by atoms with van der Waals surface area (Å²) >= 11 is 0. The fourth-order valence-electron chi connectivity index (χ4n) is 4.95. The Balaban J connectivity index is 1.78. The van der Waals surface area contributed by atoms with Gasteiger partial charge in [-0.3, -0.25) is 14.5 Å². The topological polar surface area (TPSA) is 40.6 Å². The molecule has 2 heterocycles. The monoisotopic (exact) mass is 366 g/mol. The number of nitrogens with zero attached hydrogens (tertiary/aromatic N) is 2. The maximum atomic E-state index is 13.6. The van der Waals surface area contributed by atoms with Gasteiger partial charge in [-0.05, 0) is 50.7 Å². The van der Waals surface area contributed by atoms with Gasteiger partial charge in [0.1, 0.15) is 5.70 Å². The predicted molar refractivity (Wildman–Crippen MR) is 107 cm³/mol. The van der Waals surface area contributed by atoms with Crippen molar-refractivity contribution >= 4 is 17.4 Å². The van der Waals surface area contributed by atoms with Gasteiger partial charge in [-0.1, -0.05) is 49.4 Å². The standard InChI is InChI=1S/C23H30N2O2/c1-16-11-12-19(17(2)15-16)20-21(24-13-7-8-14-24)23(27)25(22(20)26)18-9-5-3-4-6-10-18/h11-12,15,18H,3-10,13-14H2,1-2H3. The lowest BCUT2D eigenvalue weighted by atomic mass is 9.97. The molecule has 27 heavy (non-hydrogen) atoms. The second-order valence-corrected chi connectivity index (χ2v) is 8.36. The molecule has 4 heteroatoms. The van der Waals surface area contributed by atoms with Crippen molar-refractivity contribution in [2.45, 2.75) is 71.3 Å². The molecule has 144 valence electrons. The van der Waals surface area contributed by atoms with Gasteiger partial charge in [0, 0.05) is 19.1 Å². The number of aryl methyl sites for hydroxylation is 2. The SMILES string of the molecule is Cc1ccc(C2=C(N3CCCC3)C(=O)N(C3CCCCCC3)C2=O)c(C)c1. The molecule has 2 amide bonds. The summed E-state index contributed by atoms with van der Waals surface area (Å²) < 4.78 is 0. The molecule has 0 unspecified atom stereocenters. The van der Waals surface area contributed by atoms with Crippen LogP contribution in [0, 0.1) is 13.8 Å². The first kappa shape index (κ1) is 18.3. The van der Waals surface area contributed by atoms with Crippen LogP contribution in [0.25, 0.3) is 5.57 Å². The number of carbonyl (C=O) groups is 2. The van der Waals surface area contributed by atoms with Crippen LogP contribution in [0.4, 0.5) is 0 Å². The third-order valence-corrected chi connectivity index (χ3v) is 6.35. The third-order valence-electron chi connectivity index (χ3n) is 6.35. The van der Waals surface area contributed by atoms with Crippen molar-refractivity contribution in [1.82, 2.24) is 9.80 Å². The Labute approximate surface area is 162 Å². The van der Waals surface area contributed by atoms with E-state index in [1.54, 1.807) is 4.90 Å². The molecule has 0 radical (unpaired) electrons. The Kier molecular flexibility index (Phi) is 5.07. The molecule has 0 aromatic heterocycles. The lowest BCUT2D eigenvalue weighted by molar-refractivity contribution is -0.140. The van der Waals surface area contributed by atoms with Crippen LogP contribution in [-0.4, -0.2) is 40.7 Å². The van der Waals surface area contributed by atoms with E-state index in [0.717, 1.165) is 62.7 Å². The van der Waals surface area contributed by atoms with Gasteiger partial charge in [0.05, 0.1) is 5.57 Å². The van der Waals surface area contributed by atoms with Crippen molar-refractivity contribution in [2.24, 2.45) is 0 Å². The molecule has 1 aliphatic carbocycles. The summed E-state index contributed by atoms with van der Waals surface area (Å²) in [6, 6.07) is 6.24. The van der Waals surface area contributed by atoms with E-state index < -0.39 is 0 Å².